The number of carbonyl (C=O) groups is 12. The number of carboxylic acid groups (broad SMARTS) is 1. The number of aliphatic carboxylic acids is 1. The number of nitrogens with two attached hydrogens (primary N) is 1. The number of nitrogens with one attached hydrogen (secondary N) is 4. The minimum Gasteiger partial charge on any atom is -0.475 e. The molecule has 3 aliphatic heterocycles. The Bertz CT molecular complexity index is 4040. The van der Waals surface area contributed by atoms with Crippen LogP contribution >= 0.6 is 0 Å². The number of benzene rings is 2. The van der Waals surface area contributed by atoms with E-state index in [0.29, 0.717) is 175 Å². The first kappa shape index (κ1) is 120. The first-order valence-corrected chi connectivity index (χ1v) is 48.1. The van der Waals surface area contributed by atoms with Crippen LogP contribution in [0.3, 0.4) is 0 Å². The zero-order valence-electron chi connectivity index (χ0n) is 83.2. The van der Waals surface area contributed by atoms with E-state index in [-0.39, 0.29) is 118 Å². The van der Waals surface area contributed by atoms with Crippen LogP contribution in [0, 0.1) is 35.5 Å². The number of ketones is 2. The summed E-state index contributed by atoms with van der Waals surface area (Å²) in [6.07, 6.45) is -4.58. The number of amides is 9. The van der Waals surface area contributed by atoms with Crippen molar-refractivity contribution in [1.82, 2.24) is 35.6 Å². The lowest BCUT2D eigenvalue weighted by Gasteiger charge is -2.41. The molecular formula is C97H155N9O33. The van der Waals surface area contributed by atoms with Crippen molar-refractivity contribution in [2.24, 2.45) is 41.2 Å². The number of likely N-dealkylation sites (tertiary alicyclic amines) is 1. The van der Waals surface area contributed by atoms with Crippen molar-refractivity contribution in [2.45, 2.75) is 200 Å². The van der Waals surface area contributed by atoms with Gasteiger partial charge in [0.15, 0.2) is 11.9 Å². The maximum absolute atomic E-state index is 15.1. The fourth-order valence-corrected chi connectivity index (χ4v) is 16.0. The SMILES string of the molecule is CC[C@H](C)[C@@H]([C@@H](CC(=O)N1CCC[C@H]1[C@H](OC)[C@@H](C)C(=O)C[C@H](C)[C@@H](O)c1ccccc1)OC)N(C)C(=O)[C@@H](CC(=O)[C@H](C(C)C)N(C)C(=O)OCc1ccc(O[C@@H]2OC(C(=O)O)=C[C@H](O)[C@H]2O)c(NC(=O)CCNC(=O)[C@H](CCCCNC(=O)CCOCCOCCOCCOCCOCCOCCOCCOCCOCCOCCOCCOC)NC(=O)[C@H](CN)N2C(=O)C=CC2=O)c1)C(C)C. The van der Waals surface area contributed by atoms with Gasteiger partial charge in [0.1, 0.15) is 36.3 Å². The number of likely N-dealkylation sites (N-methyl/N-ethyl adjacent to an activating group) is 2. The van der Waals surface area contributed by atoms with Gasteiger partial charge in [-0.15, -0.1) is 0 Å². The van der Waals surface area contributed by atoms with Crippen molar-refractivity contribution in [3.63, 3.8) is 0 Å². The first-order valence-electron chi connectivity index (χ1n) is 48.1. The third-order valence-corrected chi connectivity index (χ3v) is 23.9. The zero-order chi connectivity index (χ0) is 102. The topological polar surface area (TPSA) is 530 Å². The first-order chi connectivity index (χ1) is 66.7. The van der Waals surface area contributed by atoms with E-state index in [0.717, 1.165) is 23.1 Å². The van der Waals surface area contributed by atoms with Crippen molar-refractivity contribution in [3.05, 3.63) is 83.6 Å². The van der Waals surface area contributed by atoms with Gasteiger partial charge in [-0.25, -0.2) is 9.59 Å². The van der Waals surface area contributed by atoms with Crippen LogP contribution in [-0.4, -0.2) is 385 Å². The number of anilines is 1. The van der Waals surface area contributed by atoms with Crippen molar-refractivity contribution in [2.75, 3.05) is 219 Å². The summed E-state index contributed by atoms with van der Waals surface area (Å²) in [6.45, 7) is 23.1. The van der Waals surface area contributed by atoms with Gasteiger partial charge < -0.3 is 143 Å². The number of nitrogens with zero attached hydrogens (tertiary/aromatic N) is 4. The van der Waals surface area contributed by atoms with Gasteiger partial charge in [0, 0.05) is 111 Å². The second-order valence-corrected chi connectivity index (χ2v) is 34.8. The molecule has 0 saturated carbocycles. The minimum absolute atomic E-state index is 0.0262. The lowest BCUT2D eigenvalue weighted by Crippen LogP contribution is -2.57. The van der Waals surface area contributed by atoms with E-state index >= 15 is 4.79 Å². The normalized spacial score (nSPS) is 17.8. The number of hydrogen-bond acceptors (Lipinski definition) is 33. The predicted molar refractivity (Wildman–Crippen MR) is 505 cm³/mol. The third kappa shape index (κ3) is 43.3. The molecule has 0 unspecified atom stereocenters. The maximum Gasteiger partial charge on any atom is 0.410 e. The fraction of sp³-hybridized carbons (Fsp3) is 0.711. The molecule has 1 fully saturated rings. The second-order valence-electron chi connectivity index (χ2n) is 34.8. The summed E-state index contributed by atoms with van der Waals surface area (Å²) in [5, 5.41) is 53.0. The Balaban J connectivity index is 1.09. The molecule has 10 N–H and O–H groups in total. The van der Waals surface area contributed by atoms with Crippen LogP contribution in [-0.2, 0) is 135 Å². The fourth-order valence-electron chi connectivity index (χ4n) is 16.0. The summed E-state index contributed by atoms with van der Waals surface area (Å²) in [4.78, 5) is 170. The molecule has 42 nitrogen and oxygen atoms in total. The molecular weight excluding hydrogens is 1820 g/mol. The van der Waals surface area contributed by atoms with Crippen LogP contribution in [0.4, 0.5) is 10.5 Å². The summed E-state index contributed by atoms with van der Waals surface area (Å²) in [7, 11) is 7.64. The number of methoxy groups -OCH3 is 3. The summed E-state index contributed by atoms with van der Waals surface area (Å²) in [6, 6.07) is 8.01. The molecule has 1 saturated heterocycles. The number of aliphatic hydroxyl groups excluding tert-OH is 3. The minimum atomic E-state index is -1.88. The highest BCUT2D eigenvalue weighted by atomic mass is 16.7. The molecule has 0 spiro atoms. The number of aliphatic hydroxyl groups is 3. The van der Waals surface area contributed by atoms with Gasteiger partial charge in [-0.1, -0.05) is 98.2 Å². The van der Waals surface area contributed by atoms with Crippen LogP contribution in [0.25, 0.3) is 0 Å². The molecule has 0 aliphatic carbocycles. The Morgan fingerprint density at radius 1 is 0.597 bits per heavy atom. The Morgan fingerprint density at radius 3 is 1.63 bits per heavy atom. The molecule has 0 radical (unpaired) electrons. The van der Waals surface area contributed by atoms with E-state index < -0.39 is 169 Å². The monoisotopic (exact) mass is 1970 g/mol. The maximum atomic E-state index is 15.1. The molecule has 42 heteroatoms. The van der Waals surface area contributed by atoms with E-state index in [4.69, 9.17) is 86.3 Å². The van der Waals surface area contributed by atoms with E-state index in [1.54, 1.807) is 44.7 Å². The van der Waals surface area contributed by atoms with Gasteiger partial charge in [0.25, 0.3) is 18.1 Å². The number of ether oxygens (including phenoxy) is 17. The lowest BCUT2D eigenvalue weighted by atomic mass is 9.83. The van der Waals surface area contributed by atoms with Gasteiger partial charge in [-0.3, -0.25) is 52.8 Å². The molecule has 3 aliphatic rings. The summed E-state index contributed by atoms with van der Waals surface area (Å²) < 4.78 is 94.7. The smallest absolute Gasteiger partial charge is 0.410 e. The Kier molecular flexibility index (Phi) is 58.9. The number of Topliss-reactive ketones (excluding diaryl/α,β-unsaturated/α-hetero) is 2. The molecule has 5 rings (SSSR count). The Hall–Kier alpha value is -9.16. The number of carbonyl (C=O) groups excluding carboxylic acids is 11. The van der Waals surface area contributed by atoms with Crippen molar-refractivity contribution >= 4 is 76.6 Å². The molecule has 0 aromatic heterocycles. The zero-order valence-corrected chi connectivity index (χ0v) is 83.2. The van der Waals surface area contributed by atoms with E-state index in [1.807, 2.05) is 65.0 Å². The molecule has 0 bridgehead atoms. The number of carboxylic acids is 1. The lowest BCUT2D eigenvalue weighted by molar-refractivity contribution is -0.172. The van der Waals surface area contributed by atoms with Crippen LogP contribution < -0.4 is 31.7 Å². The third-order valence-electron chi connectivity index (χ3n) is 23.9. The van der Waals surface area contributed by atoms with E-state index in [2.05, 4.69) is 21.3 Å². The highest BCUT2D eigenvalue weighted by Gasteiger charge is 2.46. The molecule has 786 valence electrons. The second kappa shape index (κ2) is 68.1. The van der Waals surface area contributed by atoms with Gasteiger partial charge in [0.2, 0.25) is 41.2 Å². The van der Waals surface area contributed by atoms with Crippen LogP contribution in [0.15, 0.2) is 72.5 Å². The molecule has 2 aromatic rings. The van der Waals surface area contributed by atoms with Crippen LogP contribution in [0.1, 0.15) is 143 Å². The average molecular weight is 1980 g/mol. The van der Waals surface area contributed by atoms with Gasteiger partial charge in [0.05, 0.1) is 201 Å². The van der Waals surface area contributed by atoms with Crippen LogP contribution in [0.2, 0.25) is 0 Å². The van der Waals surface area contributed by atoms with Crippen molar-refractivity contribution in [3.8, 4) is 5.75 Å². The number of rotatable bonds is 77. The summed E-state index contributed by atoms with van der Waals surface area (Å²) >= 11 is 0. The number of imide groups is 1. The predicted octanol–water partition coefficient (Wildman–Crippen LogP) is 3.87. The summed E-state index contributed by atoms with van der Waals surface area (Å²) in [5.41, 5.74) is 6.64. The standard InChI is InChI=1S/C97H155N9O33/c1-14-66(6)88(80(124-12)61-86(114)105-33-20-24-74(105)91(125-13)68(8)76(107)57-67(7)89(115)70-21-16-15-17-22-70)103(9)94(119)71(64(2)3)59-77(108)87(65(4)5)104(10)97(122)137-63-69-25-26-79(138-96-90(116)78(109)60-81(139-96)95(120)121)73(58-69)101-83(111)29-32-100-92(117)72(102-93(118)75(62-98)106-84(112)27-28-85(106)113)23-18-19-31-99-82(110)30-34-126-37-38-128-41-42-130-45-46-132-49-50-134-53-54-136-56-55-135-52-51-133-48-47-131-44-43-129-40-39-127-36-35-123-11/h15-17,21-22,25-28,58,60,64-68,71-72,74-75,78,80,87-91,96,109,115-116H,14,18-20,23-24,29-57,59,61-63,98H2,1-13H3,(H,99,110)(H,100,117)(H,101,111)(H,102,118)(H,120,121)/t66-,67-,68-,71-,72-,74-,75-,78-,80+,87-,88-,89+,90+,91+,96+/m0/s1. The molecule has 9 amide bonds. The molecule has 3 heterocycles. The van der Waals surface area contributed by atoms with Gasteiger partial charge in [-0.05, 0) is 85.1 Å². The largest absolute Gasteiger partial charge is 0.475 e. The van der Waals surface area contributed by atoms with Crippen molar-refractivity contribution < 1.29 is 158 Å². The molecule has 139 heavy (non-hydrogen) atoms. The van der Waals surface area contributed by atoms with Gasteiger partial charge in [-0.2, -0.15) is 0 Å². The number of unbranched alkanes of at least 4 members (excludes halogenated alkanes) is 1. The van der Waals surface area contributed by atoms with Crippen LogP contribution in [0.5, 0.6) is 5.75 Å². The quantitative estimate of drug-likeness (QED) is 0.0335. The average Bonchev–Trinajstić information content (AvgIpc) is 1.82. The Labute approximate surface area is 816 Å². The molecule has 15 atom stereocenters. The highest BCUT2D eigenvalue weighted by molar-refractivity contribution is 6.15. The molecule has 2 aromatic carbocycles. The van der Waals surface area contributed by atoms with E-state index in [9.17, 15) is 73.2 Å². The van der Waals surface area contributed by atoms with E-state index in [1.165, 1.54) is 39.5 Å². The number of hydrogen-bond donors (Lipinski definition) is 9. The Morgan fingerprint density at radius 2 is 1.14 bits per heavy atom. The highest BCUT2D eigenvalue weighted by Crippen LogP contribution is 2.36. The summed E-state index contributed by atoms with van der Waals surface area (Å²) in [5.74, 6) is -11.4. The van der Waals surface area contributed by atoms with Gasteiger partial charge >= 0.3 is 12.1 Å². The van der Waals surface area contributed by atoms with Crippen molar-refractivity contribution in [1.29, 1.82) is 0 Å².